The Kier molecular flexibility index (Phi) is 3.08. The zero-order valence-corrected chi connectivity index (χ0v) is 9.06. The topological polar surface area (TPSA) is 12.0 Å². The smallest absolute Gasteiger partial charge is 0.255 e. The molecular formula is C12H14F3N. The average Bonchev–Trinajstić information content (AvgIpc) is 2.97. The number of rotatable bonds is 4. The van der Waals surface area contributed by atoms with Gasteiger partial charge < -0.3 is 5.32 Å². The van der Waals surface area contributed by atoms with Crippen LogP contribution in [0.3, 0.4) is 0 Å². The summed E-state index contributed by atoms with van der Waals surface area (Å²) in [5.74, 6) is 0.0587. The lowest BCUT2D eigenvalue weighted by Gasteiger charge is -2.11. The van der Waals surface area contributed by atoms with Gasteiger partial charge in [0.05, 0.1) is 6.54 Å². The van der Waals surface area contributed by atoms with Crippen LogP contribution in [0.15, 0.2) is 12.1 Å². The molecule has 0 heterocycles. The molecule has 0 radical (unpaired) electrons. The Morgan fingerprint density at radius 3 is 2.56 bits per heavy atom. The molecule has 1 nitrogen and oxygen atoms in total. The second-order valence-corrected chi connectivity index (χ2v) is 4.23. The summed E-state index contributed by atoms with van der Waals surface area (Å²) in [5.41, 5.74) is 2.03. The van der Waals surface area contributed by atoms with Crippen molar-refractivity contribution in [2.24, 2.45) is 0 Å². The van der Waals surface area contributed by atoms with Crippen LogP contribution in [0.2, 0.25) is 0 Å². The van der Waals surface area contributed by atoms with Gasteiger partial charge >= 0.3 is 0 Å². The van der Waals surface area contributed by atoms with Crippen molar-refractivity contribution in [3.8, 4) is 0 Å². The lowest BCUT2D eigenvalue weighted by Crippen LogP contribution is -2.10. The van der Waals surface area contributed by atoms with E-state index in [2.05, 4.69) is 5.32 Å². The first-order valence-electron chi connectivity index (χ1n) is 5.40. The van der Waals surface area contributed by atoms with Gasteiger partial charge in [0, 0.05) is 5.69 Å². The third kappa shape index (κ3) is 2.49. The lowest BCUT2D eigenvalue weighted by molar-refractivity contribution is 0.163. The molecule has 1 saturated carbocycles. The van der Waals surface area contributed by atoms with E-state index in [1.165, 1.54) is 6.07 Å². The number of anilines is 1. The second kappa shape index (κ2) is 4.36. The van der Waals surface area contributed by atoms with Gasteiger partial charge in [-0.15, -0.1) is 0 Å². The molecule has 4 heteroatoms. The monoisotopic (exact) mass is 229 g/mol. The highest BCUT2D eigenvalue weighted by molar-refractivity contribution is 5.50. The summed E-state index contributed by atoms with van der Waals surface area (Å²) in [7, 11) is 0. The Labute approximate surface area is 92.7 Å². The van der Waals surface area contributed by atoms with Crippen LogP contribution in [-0.2, 0) is 0 Å². The number of hydrogen-bond acceptors (Lipinski definition) is 1. The van der Waals surface area contributed by atoms with Crippen LogP contribution in [0.5, 0.6) is 0 Å². The van der Waals surface area contributed by atoms with Gasteiger partial charge in [0.25, 0.3) is 6.43 Å². The maximum atomic E-state index is 13.7. The molecule has 1 fully saturated rings. The molecular weight excluding hydrogens is 215 g/mol. The summed E-state index contributed by atoms with van der Waals surface area (Å²) in [5, 5.41) is 2.52. The molecule has 0 spiro atoms. The normalized spacial score (nSPS) is 15.6. The Balaban J connectivity index is 2.16. The highest BCUT2D eigenvalue weighted by Gasteiger charge is 2.28. The number of aryl methyl sites for hydroxylation is 1. The molecule has 1 aliphatic rings. The maximum absolute atomic E-state index is 13.7. The SMILES string of the molecule is Cc1cc(NCC(F)F)cc(F)c1C1CC1. The molecule has 0 bridgehead atoms. The van der Waals surface area contributed by atoms with Gasteiger partial charge in [-0.05, 0) is 48.9 Å². The molecule has 0 amide bonds. The minimum atomic E-state index is -2.42. The molecule has 0 atom stereocenters. The van der Waals surface area contributed by atoms with Crippen molar-refractivity contribution in [1.29, 1.82) is 0 Å². The van der Waals surface area contributed by atoms with Crippen molar-refractivity contribution in [3.05, 3.63) is 29.1 Å². The minimum absolute atomic E-state index is 0.278. The molecule has 1 aromatic carbocycles. The highest BCUT2D eigenvalue weighted by atomic mass is 19.3. The van der Waals surface area contributed by atoms with E-state index in [1.54, 1.807) is 6.07 Å². The van der Waals surface area contributed by atoms with E-state index < -0.39 is 13.0 Å². The highest BCUT2D eigenvalue weighted by Crippen LogP contribution is 2.43. The first-order chi connectivity index (χ1) is 7.58. The maximum Gasteiger partial charge on any atom is 0.255 e. The van der Waals surface area contributed by atoms with Crippen molar-refractivity contribution < 1.29 is 13.2 Å². The summed E-state index contributed by atoms with van der Waals surface area (Å²) in [4.78, 5) is 0. The standard InChI is InChI=1S/C12H14F3N/c1-7-4-9(16-6-11(14)15)5-10(13)12(7)8-2-3-8/h4-5,8,11,16H,2-3,6H2,1H3. The van der Waals surface area contributed by atoms with Crippen molar-refractivity contribution in [3.63, 3.8) is 0 Å². The van der Waals surface area contributed by atoms with E-state index in [0.717, 1.165) is 24.0 Å². The van der Waals surface area contributed by atoms with E-state index in [-0.39, 0.29) is 5.82 Å². The van der Waals surface area contributed by atoms with Gasteiger partial charge in [-0.1, -0.05) is 0 Å². The molecule has 1 aromatic rings. The fourth-order valence-electron chi connectivity index (χ4n) is 1.94. The fourth-order valence-corrected chi connectivity index (χ4v) is 1.94. The molecule has 0 aromatic heterocycles. The minimum Gasteiger partial charge on any atom is -0.379 e. The predicted octanol–water partition coefficient (Wildman–Crippen LogP) is 3.69. The van der Waals surface area contributed by atoms with Gasteiger partial charge in [-0.25, -0.2) is 13.2 Å². The summed E-state index contributed by atoms with van der Waals surface area (Å²) in [6.45, 7) is 1.38. The molecule has 88 valence electrons. The van der Waals surface area contributed by atoms with Crippen LogP contribution < -0.4 is 5.32 Å². The Bertz CT molecular complexity index is 363. The van der Waals surface area contributed by atoms with Gasteiger partial charge in [0.15, 0.2) is 0 Å². The summed E-state index contributed by atoms with van der Waals surface area (Å²) < 4.78 is 37.7. The zero-order chi connectivity index (χ0) is 11.7. The fraction of sp³-hybridized carbons (Fsp3) is 0.500. The Morgan fingerprint density at radius 2 is 2.06 bits per heavy atom. The second-order valence-electron chi connectivity index (χ2n) is 4.23. The third-order valence-corrected chi connectivity index (χ3v) is 2.78. The number of halogens is 3. The summed E-state index contributed by atoms with van der Waals surface area (Å²) in [6.07, 6.45) is -0.366. The van der Waals surface area contributed by atoms with Crippen LogP contribution in [0, 0.1) is 12.7 Å². The van der Waals surface area contributed by atoms with Crippen LogP contribution >= 0.6 is 0 Å². The molecule has 16 heavy (non-hydrogen) atoms. The van der Waals surface area contributed by atoms with Crippen molar-refractivity contribution in [1.82, 2.24) is 0 Å². The summed E-state index contributed by atoms with van der Waals surface area (Å²) in [6, 6.07) is 3.04. The lowest BCUT2D eigenvalue weighted by atomic mass is 10.0. The quantitative estimate of drug-likeness (QED) is 0.830. The number of alkyl halides is 2. The average molecular weight is 229 g/mol. The Morgan fingerprint density at radius 1 is 1.38 bits per heavy atom. The third-order valence-electron chi connectivity index (χ3n) is 2.78. The van der Waals surface area contributed by atoms with E-state index in [9.17, 15) is 13.2 Å². The van der Waals surface area contributed by atoms with Gasteiger partial charge in [0.2, 0.25) is 0 Å². The number of hydrogen-bond donors (Lipinski definition) is 1. The molecule has 0 unspecified atom stereocenters. The van der Waals surface area contributed by atoms with Crippen LogP contribution in [0.25, 0.3) is 0 Å². The van der Waals surface area contributed by atoms with Crippen molar-refractivity contribution >= 4 is 5.69 Å². The first kappa shape index (κ1) is 11.3. The van der Waals surface area contributed by atoms with Crippen LogP contribution in [0.1, 0.15) is 29.9 Å². The van der Waals surface area contributed by atoms with Crippen molar-refractivity contribution in [2.45, 2.75) is 32.1 Å². The number of nitrogens with one attached hydrogen (secondary N) is 1. The summed E-state index contributed by atoms with van der Waals surface area (Å²) >= 11 is 0. The predicted molar refractivity (Wildman–Crippen MR) is 57.6 cm³/mol. The molecule has 2 rings (SSSR count). The largest absolute Gasteiger partial charge is 0.379 e. The van der Waals surface area contributed by atoms with Gasteiger partial charge in [0.1, 0.15) is 5.82 Å². The zero-order valence-electron chi connectivity index (χ0n) is 9.06. The van der Waals surface area contributed by atoms with E-state index in [0.29, 0.717) is 11.6 Å². The van der Waals surface area contributed by atoms with Crippen molar-refractivity contribution in [2.75, 3.05) is 11.9 Å². The van der Waals surface area contributed by atoms with Gasteiger partial charge in [-0.2, -0.15) is 0 Å². The Hall–Kier alpha value is -1.19. The first-order valence-corrected chi connectivity index (χ1v) is 5.40. The van der Waals surface area contributed by atoms with Crippen LogP contribution in [-0.4, -0.2) is 13.0 Å². The van der Waals surface area contributed by atoms with E-state index >= 15 is 0 Å². The molecule has 0 saturated heterocycles. The molecule has 1 aliphatic carbocycles. The van der Waals surface area contributed by atoms with Crippen LogP contribution in [0.4, 0.5) is 18.9 Å². The molecule has 1 N–H and O–H groups in total. The van der Waals surface area contributed by atoms with Gasteiger partial charge in [-0.3, -0.25) is 0 Å². The number of benzene rings is 1. The molecule has 0 aliphatic heterocycles. The van der Waals surface area contributed by atoms with E-state index in [4.69, 9.17) is 0 Å². The van der Waals surface area contributed by atoms with E-state index in [1.807, 2.05) is 6.92 Å².